The Labute approximate surface area is 127 Å². The molecule has 1 aromatic heterocycles. The number of nitrogens with zero attached hydrogens (tertiary/aromatic N) is 2. The Balaban J connectivity index is 2.20. The molecule has 1 heterocycles. The van der Waals surface area contributed by atoms with Gasteiger partial charge in [0.15, 0.2) is 0 Å². The predicted molar refractivity (Wildman–Crippen MR) is 77.4 cm³/mol. The molecule has 1 aliphatic carbocycles. The number of carbonyl (C=O) groups excluding carboxylic acids is 1. The lowest BCUT2D eigenvalue weighted by molar-refractivity contribution is -0.139. The number of amides is 1. The maximum Gasteiger partial charge on any atom is 0.305 e. The minimum absolute atomic E-state index is 0.0745. The van der Waals surface area contributed by atoms with Crippen LogP contribution >= 0.6 is 11.6 Å². The normalized spacial score (nSPS) is 16.4. The number of carboxylic acids is 1. The second kappa shape index (κ2) is 5.97. The van der Waals surface area contributed by atoms with E-state index >= 15 is 0 Å². The van der Waals surface area contributed by atoms with Gasteiger partial charge in [0.1, 0.15) is 11.5 Å². The molecule has 1 amide bonds. The number of carboxylic acid groups (broad SMARTS) is 1. The van der Waals surface area contributed by atoms with Crippen LogP contribution in [0.15, 0.2) is 6.20 Å². The molecule has 6 nitrogen and oxygen atoms in total. The van der Waals surface area contributed by atoms with E-state index in [0.29, 0.717) is 18.7 Å². The molecular formula is C14H18ClN3O3. The van der Waals surface area contributed by atoms with Crippen LogP contribution in [-0.2, 0) is 4.79 Å². The quantitative estimate of drug-likeness (QED) is 0.871. The summed E-state index contributed by atoms with van der Waals surface area (Å²) in [5, 5.41) is 11.9. The zero-order valence-corrected chi connectivity index (χ0v) is 12.8. The smallest absolute Gasteiger partial charge is 0.305 e. The van der Waals surface area contributed by atoms with Gasteiger partial charge in [-0.25, -0.2) is 9.97 Å². The lowest BCUT2D eigenvalue weighted by Crippen LogP contribution is -2.54. The zero-order valence-electron chi connectivity index (χ0n) is 12.0. The first kappa shape index (κ1) is 15.7. The van der Waals surface area contributed by atoms with Gasteiger partial charge in [-0.05, 0) is 19.3 Å². The molecule has 21 heavy (non-hydrogen) atoms. The van der Waals surface area contributed by atoms with Crippen molar-refractivity contribution >= 4 is 23.5 Å². The third-order valence-corrected chi connectivity index (χ3v) is 3.95. The summed E-state index contributed by atoms with van der Waals surface area (Å²) in [4.78, 5) is 31.6. The lowest BCUT2D eigenvalue weighted by atomic mass is 9.74. The monoisotopic (exact) mass is 311 g/mol. The third-order valence-electron chi connectivity index (χ3n) is 3.67. The number of hydrogen-bond donors (Lipinski definition) is 2. The SMILES string of the molecule is CC(C)c1ncc(Cl)c(C(=O)NC2(CC(=O)O)CCC2)n1. The summed E-state index contributed by atoms with van der Waals surface area (Å²) in [5.41, 5.74) is -0.568. The van der Waals surface area contributed by atoms with E-state index in [1.54, 1.807) is 0 Å². The van der Waals surface area contributed by atoms with E-state index in [9.17, 15) is 9.59 Å². The predicted octanol–water partition coefficient (Wildman–Crippen LogP) is 2.38. The first-order chi connectivity index (χ1) is 9.83. The fraction of sp³-hybridized carbons (Fsp3) is 0.571. The van der Waals surface area contributed by atoms with Crippen LogP contribution in [0.1, 0.15) is 61.8 Å². The van der Waals surface area contributed by atoms with Crippen LogP contribution < -0.4 is 5.32 Å². The van der Waals surface area contributed by atoms with Crippen molar-refractivity contribution in [1.82, 2.24) is 15.3 Å². The van der Waals surface area contributed by atoms with Crippen LogP contribution in [0.3, 0.4) is 0 Å². The third kappa shape index (κ3) is 3.50. The molecule has 0 aromatic carbocycles. The average molecular weight is 312 g/mol. The fourth-order valence-corrected chi connectivity index (χ4v) is 2.53. The van der Waals surface area contributed by atoms with Crippen LogP contribution in [0.25, 0.3) is 0 Å². The Hall–Kier alpha value is -1.69. The average Bonchev–Trinajstić information content (AvgIpc) is 2.35. The standard InChI is InChI=1S/C14H18ClN3O3/c1-8(2)12-16-7-9(15)11(17-12)13(21)18-14(4-3-5-14)6-10(19)20/h7-8H,3-6H2,1-2H3,(H,18,21)(H,19,20). The first-order valence-electron chi connectivity index (χ1n) is 6.90. The molecule has 0 aliphatic heterocycles. The van der Waals surface area contributed by atoms with Crippen molar-refractivity contribution in [3.8, 4) is 0 Å². The van der Waals surface area contributed by atoms with Crippen molar-refractivity contribution in [3.63, 3.8) is 0 Å². The van der Waals surface area contributed by atoms with E-state index in [-0.39, 0.29) is 23.1 Å². The maximum atomic E-state index is 12.4. The van der Waals surface area contributed by atoms with Gasteiger partial charge in [0.2, 0.25) is 0 Å². The van der Waals surface area contributed by atoms with Crippen LogP contribution in [0.5, 0.6) is 0 Å². The van der Waals surface area contributed by atoms with E-state index in [4.69, 9.17) is 16.7 Å². The molecule has 0 atom stereocenters. The van der Waals surface area contributed by atoms with Crippen molar-refractivity contribution in [2.24, 2.45) is 0 Å². The molecule has 0 saturated heterocycles. The maximum absolute atomic E-state index is 12.4. The second-order valence-corrected chi connectivity index (χ2v) is 6.15. The minimum atomic E-state index is -0.924. The Morgan fingerprint density at radius 2 is 2.14 bits per heavy atom. The molecule has 114 valence electrons. The molecule has 2 rings (SSSR count). The van der Waals surface area contributed by atoms with E-state index in [0.717, 1.165) is 6.42 Å². The zero-order chi connectivity index (χ0) is 15.6. The van der Waals surface area contributed by atoms with Gasteiger partial charge in [0, 0.05) is 5.92 Å². The summed E-state index contributed by atoms with van der Waals surface area (Å²) >= 11 is 5.99. The van der Waals surface area contributed by atoms with Gasteiger partial charge in [-0.2, -0.15) is 0 Å². The van der Waals surface area contributed by atoms with Crippen molar-refractivity contribution in [2.45, 2.75) is 51.0 Å². The van der Waals surface area contributed by atoms with Gasteiger partial charge in [-0.1, -0.05) is 25.4 Å². The highest BCUT2D eigenvalue weighted by Crippen LogP contribution is 2.35. The number of nitrogens with one attached hydrogen (secondary N) is 1. The molecular weight excluding hydrogens is 294 g/mol. The molecule has 0 unspecified atom stereocenters. The van der Waals surface area contributed by atoms with E-state index in [1.807, 2.05) is 13.8 Å². The summed E-state index contributed by atoms with van der Waals surface area (Å²) in [7, 11) is 0. The largest absolute Gasteiger partial charge is 0.481 e. The van der Waals surface area contributed by atoms with Crippen molar-refractivity contribution < 1.29 is 14.7 Å². The summed E-state index contributed by atoms with van der Waals surface area (Å²) in [6.07, 6.45) is 3.54. The second-order valence-electron chi connectivity index (χ2n) is 5.74. The van der Waals surface area contributed by atoms with E-state index in [2.05, 4.69) is 15.3 Å². The fourth-order valence-electron chi connectivity index (χ4n) is 2.36. The molecule has 0 bridgehead atoms. The highest BCUT2D eigenvalue weighted by Gasteiger charge is 2.41. The Kier molecular flexibility index (Phi) is 4.46. The van der Waals surface area contributed by atoms with Crippen LogP contribution in [0, 0.1) is 0 Å². The van der Waals surface area contributed by atoms with Gasteiger partial charge in [0.05, 0.1) is 23.2 Å². The highest BCUT2D eigenvalue weighted by atomic mass is 35.5. The van der Waals surface area contributed by atoms with Crippen molar-refractivity contribution in [1.29, 1.82) is 0 Å². The number of hydrogen-bond acceptors (Lipinski definition) is 4. The van der Waals surface area contributed by atoms with Gasteiger partial charge < -0.3 is 10.4 Å². The molecule has 1 fully saturated rings. The van der Waals surface area contributed by atoms with Gasteiger partial charge in [0.25, 0.3) is 5.91 Å². The molecule has 1 aliphatic rings. The topological polar surface area (TPSA) is 92.2 Å². The summed E-state index contributed by atoms with van der Waals surface area (Å²) in [6, 6.07) is 0. The molecule has 0 radical (unpaired) electrons. The van der Waals surface area contributed by atoms with Crippen molar-refractivity contribution in [3.05, 3.63) is 22.7 Å². The van der Waals surface area contributed by atoms with Crippen LogP contribution in [0.4, 0.5) is 0 Å². The highest BCUT2D eigenvalue weighted by molar-refractivity contribution is 6.33. The Morgan fingerprint density at radius 1 is 1.48 bits per heavy atom. The number of carbonyl (C=O) groups is 2. The molecule has 7 heteroatoms. The van der Waals surface area contributed by atoms with Gasteiger partial charge >= 0.3 is 5.97 Å². The van der Waals surface area contributed by atoms with Gasteiger partial charge in [-0.15, -0.1) is 0 Å². The van der Waals surface area contributed by atoms with Crippen molar-refractivity contribution in [2.75, 3.05) is 0 Å². The Bertz CT molecular complexity index is 571. The lowest BCUT2D eigenvalue weighted by Gasteiger charge is -2.41. The number of aromatic nitrogens is 2. The minimum Gasteiger partial charge on any atom is -0.481 e. The number of halogens is 1. The molecule has 2 N–H and O–H groups in total. The molecule has 1 aromatic rings. The molecule has 0 spiro atoms. The summed E-state index contributed by atoms with van der Waals surface area (Å²) in [6.45, 7) is 3.84. The van der Waals surface area contributed by atoms with Gasteiger partial charge in [-0.3, -0.25) is 9.59 Å². The first-order valence-corrected chi connectivity index (χ1v) is 7.27. The molecule has 1 saturated carbocycles. The summed E-state index contributed by atoms with van der Waals surface area (Å²) in [5.74, 6) is -0.757. The number of rotatable bonds is 5. The number of aliphatic carboxylic acids is 1. The van der Waals surface area contributed by atoms with Crippen LogP contribution in [0.2, 0.25) is 5.02 Å². The van der Waals surface area contributed by atoms with E-state index < -0.39 is 17.4 Å². The summed E-state index contributed by atoms with van der Waals surface area (Å²) < 4.78 is 0. The van der Waals surface area contributed by atoms with Crippen LogP contribution in [-0.4, -0.2) is 32.5 Å². The Morgan fingerprint density at radius 3 is 2.62 bits per heavy atom. The van der Waals surface area contributed by atoms with E-state index in [1.165, 1.54) is 6.20 Å².